The fraction of sp³-hybridized carbons (Fsp3) is 0.219. The third-order valence-electron chi connectivity index (χ3n) is 6.37. The van der Waals surface area contributed by atoms with Gasteiger partial charge in [-0.1, -0.05) is 55.1 Å². The monoisotopic (exact) mass is 606 g/mol. The Labute approximate surface area is 260 Å². The minimum Gasteiger partial charge on any atom is -0.475 e. The highest BCUT2D eigenvalue weighted by Crippen LogP contribution is 2.22. The summed E-state index contributed by atoms with van der Waals surface area (Å²) in [5.41, 5.74) is 3.07. The number of hydrogen-bond donors (Lipinski definition) is 3. The highest BCUT2D eigenvalue weighted by atomic mass is 16.5. The Morgan fingerprint density at radius 1 is 1.07 bits per heavy atom. The van der Waals surface area contributed by atoms with Gasteiger partial charge in [-0.05, 0) is 38.5 Å². The van der Waals surface area contributed by atoms with Gasteiger partial charge in [0, 0.05) is 23.4 Å². The predicted molar refractivity (Wildman–Crippen MR) is 171 cm³/mol. The maximum Gasteiger partial charge on any atom is 0.256 e. The van der Waals surface area contributed by atoms with Gasteiger partial charge in [0.25, 0.3) is 5.91 Å². The topological polar surface area (TPSA) is 176 Å². The van der Waals surface area contributed by atoms with Crippen LogP contribution in [-0.2, 0) is 11.2 Å². The second kappa shape index (κ2) is 14.9. The van der Waals surface area contributed by atoms with Crippen molar-refractivity contribution < 1.29 is 14.3 Å². The Morgan fingerprint density at radius 2 is 1.76 bits per heavy atom. The van der Waals surface area contributed by atoms with Crippen molar-refractivity contribution >= 4 is 34.8 Å². The van der Waals surface area contributed by atoms with Crippen molar-refractivity contribution in [2.24, 2.45) is 4.99 Å². The first kappa shape index (κ1) is 31.9. The molecule has 4 aromatic rings. The Morgan fingerprint density at radius 3 is 2.42 bits per heavy atom. The van der Waals surface area contributed by atoms with Crippen LogP contribution in [0.3, 0.4) is 0 Å². The molecule has 0 radical (unpaired) electrons. The van der Waals surface area contributed by atoms with E-state index in [-0.39, 0.29) is 49.1 Å². The molecular formula is C32H34N10O3. The Balaban J connectivity index is 0.000000210. The molecule has 230 valence electrons. The third-order valence-corrected chi connectivity index (χ3v) is 6.37. The summed E-state index contributed by atoms with van der Waals surface area (Å²) in [5, 5.41) is 14.1. The van der Waals surface area contributed by atoms with Gasteiger partial charge in [-0.15, -0.1) is 0 Å². The number of nitrogens with one attached hydrogen (secondary N) is 2. The van der Waals surface area contributed by atoms with E-state index in [2.05, 4.69) is 51.0 Å². The van der Waals surface area contributed by atoms with Crippen molar-refractivity contribution in [2.75, 3.05) is 17.8 Å². The number of rotatable bonds is 8. The summed E-state index contributed by atoms with van der Waals surface area (Å²) in [6.07, 6.45) is 3.71. The van der Waals surface area contributed by atoms with Gasteiger partial charge in [0.1, 0.15) is 24.6 Å². The van der Waals surface area contributed by atoms with Crippen molar-refractivity contribution in [2.45, 2.75) is 39.7 Å². The molecular weight excluding hydrogens is 572 g/mol. The lowest BCUT2D eigenvalue weighted by molar-refractivity contribution is -0.115. The number of nitriles is 1. The number of anilines is 1. The smallest absolute Gasteiger partial charge is 0.256 e. The van der Waals surface area contributed by atoms with Crippen LogP contribution in [0.4, 0.5) is 5.95 Å². The highest BCUT2D eigenvalue weighted by molar-refractivity contribution is 6.12. The molecule has 2 amide bonds. The average Bonchev–Trinajstić information content (AvgIpc) is 3.40. The lowest BCUT2D eigenvalue weighted by Gasteiger charge is -2.29. The number of ether oxygens (including phenoxy) is 1. The highest BCUT2D eigenvalue weighted by Gasteiger charge is 2.19. The van der Waals surface area contributed by atoms with Crippen molar-refractivity contribution in [1.82, 2.24) is 29.8 Å². The summed E-state index contributed by atoms with van der Waals surface area (Å²) >= 11 is 0. The van der Waals surface area contributed by atoms with E-state index < -0.39 is 0 Å². The molecule has 4 N–H and O–H groups in total. The molecule has 5 rings (SSSR count). The van der Waals surface area contributed by atoms with Gasteiger partial charge in [0.05, 0.1) is 18.9 Å². The zero-order valence-electron chi connectivity index (χ0n) is 25.3. The number of fused-ring (bicyclic) bond motifs is 1. The maximum absolute atomic E-state index is 12.2. The van der Waals surface area contributed by atoms with E-state index in [9.17, 15) is 9.59 Å². The van der Waals surface area contributed by atoms with E-state index in [0.717, 1.165) is 11.1 Å². The van der Waals surface area contributed by atoms with Crippen LogP contribution in [-0.4, -0.2) is 54.8 Å². The van der Waals surface area contributed by atoms with Crippen LogP contribution >= 0.6 is 0 Å². The number of nitrogens with zero attached hydrogens (tertiary/aromatic N) is 7. The number of imidazole rings is 1. The van der Waals surface area contributed by atoms with Crippen LogP contribution in [0.5, 0.6) is 5.88 Å². The molecule has 0 atom stereocenters. The molecule has 45 heavy (non-hydrogen) atoms. The second-order valence-electron chi connectivity index (χ2n) is 10.2. The Bertz CT molecular complexity index is 1770. The fourth-order valence-electron chi connectivity index (χ4n) is 4.15. The number of nitrogen functional groups attached to an aromatic ring is 1. The van der Waals surface area contributed by atoms with Crippen molar-refractivity contribution in [3.8, 4) is 11.9 Å². The van der Waals surface area contributed by atoms with Gasteiger partial charge in [0.15, 0.2) is 11.2 Å². The van der Waals surface area contributed by atoms with Gasteiger partial charge in [0.2, 0.25) is 17.7 Å². The quantitative estimate of drug-likeness (QED) is 0.198. The minimum atomic E-state index is -0.267. The zero-order valence-corrected chi connectivity index (χ0v) is 25.3. The molecule has 0 fully saturated rings. The number of aliphatic imine (C=N–C) groups is 1. The molecule has 2 aromatic carbocycles. The number of carbonyl (C=O) groups excluding carboxylic acids is 2. The normalized spacial score (nSPS) is 12.4. The van der Waals surface area contributed by atoms with Gasteiger partial charge in [-0.2, -0.15) is 15.2 Å². The molecule has 2 aromatic heterocycles. The summed E-state index contributed by atoms with van der Waals surface area (Å²) in [6, 6.07) is 20.7. The molecule has 3 heterocycles. The molecule has 1 aliphatic rings. The number of hydrogen-bond acceptors (Lipinski definition) is 10. The van der Waals surface area contributed by atoms with Crippen LogP contribution in [0.15, 0.2) is 96.2 Å². The summed E-state index contributed by atoms with van der Waals surface area (Å²) < 4.78 is 6.67. The number of benzene rings is 2. The number of amidine groups is 1. The van der Waals surface area contributed by atoms with E-state index in [1.807, 2.05) is 72.6 Å². The van der Waals surface area contributed by atoms with Crippen molar-refractivity contribution in [3.05, 3.63) is 102 Å². The first-order valence-corrected chi connectivity index (χ1v) is 14.1. The van der Waals surface area contributed by atoms with Gasteiger partial charge >= 0.3 is 0 Å². The van der Waals surface area contributed by atoms with E-state index in [4.69, 9.17) is 15.8 Å². The standard InChI is InChI=1S/C16H15N7O2.C16H19N3O/c17-7-4-8-25-15-13-14(23(18)10-19-13)21-16(22-15)20-12(24)9-11-5-2-1-3-6-11;1-11(2)19-10-12(3)15(17-13(19)4)18-16(20)14-8-6-5-7-9-14/h1-3,5-6,10H,4,8-9,18H2,(H,20,21,22,24);5-11H,4H2,1-3H3,(H,17,18,20). The summed E-state index contributed by atoms with van der Waals surface area (Å²) in [5.74, 6) is 6.75. The largest absolute Gasteiger partial charge is 0.475 e. The Kier molecular flexibility index (Phi) is 10.6. The molecule has 13 nitrogen and oxygen atoms in total. The van der Waals surface area contributed by atoms with Crippen LogP contribution in [0.2, 0.25) is 0 Å². The van der Waals surface area contributed by atoms with E-state index in [0.29, 0.717) is 28.4 Å². The van der Waals surface area contributed by atoms with E-state index in [1.165, 1.54) is 11.0 Å². The van der Waals surface area contributed by atoms with Gasteiger partial charge < -0.3 is 20.8 Å². The molecule has 13 heteroatoms. The molecule has 0 unspecified atom stereocenters. The molecule has 0 aliphatic carbocycles. The number of aromatic nitrogens is 4. The molecule has 0 saturated heterocycles. The summed E-state index contributed by atoms with van der Waals surface area (Å²) in [4.78, 5) is 43.1. The first-order chi connectivity index (χ1) is 21.7. The van der Waals surface area contributed by atoms with Crippen molar-refractivity contribution in [1.29, 1.82) is 5.26 Å². The average molecular weight is 607 g/mol. The lowest BCUT2D eigenvalue weighted by atomic mass is 10.1. The summed E-state index contributed by atoms with van der Waals surface area (Å²) in [6.45, 7) is 10.1. The van der Waals surface area contributed by atoms with Crippen LogP contribution in [0.25, 0.3) is 11.2 Å². The number of amides is 2. The molecule has 0 bridgehead atoms. The third kappa shape index (κ3) is 8.51. The van der Waals surface area contributed by atoms with Gasteiger partial charge in [-0.25, -0.2) is 14.7 Å². The number of nitrogens with two attached hydrogens (primary N) is 1. The fourth-order valence-corrected chi connectivity index (χ4v) is 4.15. The molecule has 1 aliphatic heterocycles. The number of carbonyl (C=O) groups is 2. The zero-order chi connectivity index (χ0) is 32.3. The van der Waals surface area contributed by atoms with Crippen LogP contribution < -0.4 is 21.2 Å². The Hall–Kier alpha value is -6.03. The predicted octanol–water partition coefficient (Wildman–Crippen LogP) is 3.93. The molecule has 0 saturated carbocycles. The van der Waals surface area contributed by atoms with Crippen LogP contribution in [0.1, 0.15) is 43.1 Å². The lowest BCUT2D eigenvalue weighted by Crippen LogP contribution is -2.36. The first-order valence-electron chi connectivity index (χ1n) is 14.1. The van der Waals surface area contributed by atoms with E-state index >= 15 is 0 Å². The van der Waals surface area contributed by atoms with Crippen LogP contribution in [0, 0.1) is 11.3 Å². The van der Waals surface area contributed by atoms with E-state index in [1.54, 1.807) is 12.1 Å². The summed E-state index contributed by atoms with van der Waals surface area (Å²) in [7, 11) is 0. The second-order valence-corrected chi connectivity index (χ2v) is 10.2. The van der Waals surface area contributed by atoms with Crippen molar-refractivity contribution in [3.63, 3.8) is 0 Å². The maximum atomic E-state index is 12.2. The van der Waals surface area contributed by atoms with Gasteiger partial charge in [-0.3, -0.25) is 14.9 Å². The minimum absolute atomic E-state index is 0.0626. The molecule has 0 spiro atoms. The SMILES string of the molecule is C=C1N=C(NC(=O)c2ccccc2)C(C)=CN1C(C)C.N#CCCOc1nc(NC(=O)Cc2ccccc2)nc2c1ncn2N.